The molecule has 2 rings (SSSR count). The zero-order valence-electron chi connectivity index (χ0n) is 12.2. The Labute approximate surface area is 129 Å². The Bertz CT molecular complexity index is 515. The van der Waals surface area contributed by atoms with Crippen LogP contribution < -0.4 is 0 Å². The first kappa shape index (κ1) is 16.1. The first-order valence-electron chi connectivity index (χ1n) is 7.04. The van der Waals surface area contributed by atoms with Gasteiger partial charge in [0, 0.05) is 31.1 Å². The fourth-order valence-electron chi connectivity index (χ4n) is 1.91. The summed E-state index contributed by atoms with van der Waals surface area (Å²) < 4.78 is 10.2. The fourth-order valence-corrected chi connectivity index (χ4v) is 2.79. The van der Waals surface area contributed by atoms with Crippen molar-refractivity contribution in [1.82, 2.24) is 4.98 Å². The zero-order chi connectivity index (χ0) is 14.9. The van der Waals surface area contributed by atoms with Crippen molar-refractivity contribution in [3.05, 3.63) is 40.7 Å². The van der Waals surface area contributed by atoms with Gasteiger partial charge < -0.3 is 14.6 Å². The summed E-state index contributed by atoms with van der Waals surface area (Å²) in [6, 6.07) is 10.1. The number of rotatable bonds is 9. The van der Waals surface area contributed by atoms with Crippen LogP contribution in [0.5, 0.6) is 0 Å². The van der Waals surface area contributed by atoms with Crippen molar-refractivity contribution < 1.29 is 14.6 Å². The first-order valence-corrected chi connectivity index (χ1v) is 7.92. The molecular formula is C16H21NO3S. The highest BCUT2D eigenvalue weighted by atomic mass is 32.1. The highest BCUT2D eigenvalue weighted by Crippen LogP contribution is 2.22. The van der Waals surface area contributed by atoms with Crippen molar-refractivity contribution >= 4 is 11.3 Å². The molecule has 1 unspecified atom stereocenters. The molecule has 4 nitrogen and oxygen atoms in total. The van der Waals surface area contributed by atoms with Gasteiger partial charge in [0.2, 0.25) is 0 Å². The van der Waals surface area contributed by atoms with Crippen LogP contribution >= 0.6 is 11.3 Å². The Morgan fingerprint density at radius 3 is 2.76 bits per heavy atom. The van der Waals surface area contributed by atoms with Gasteiger partial charge in [0.15, 0.2) is 0 Å². The summed E-state index contributed by atoms with van der Waals surface area (Å²) in [5.41, 5.74) is 2.08. The molecule has 0 saturated heterocycles. The molecule has 0 radical (unpaired) electrons. The van der Waals surface area contributed by atoms with Gasteiger partial charge in [0.1, 0.15) is 0 Å². The van der Waals surface area contributed by atoms with Crippen molar-refractivity contribution in [3.8, 4) is 11.3 Å². The van der Waals surface area contributed by atoms with E-state index in [0.717, 1.165) is 16.3 Å². The first-order chi connectivity index (χ1) is 10.3. The van der Waals surface area contributed by atoms with Crippen molar-refractivity contribution in [2.75, 3.05) is 26.9 Å². The van der Waals surface area contributed by atoms with E-state index in [1.54, 1.807) is 18.4 Å². The molecule has 0 aliphatic rings. The second-order valence-corrected chi connectivity index (χ2v) is 5.69. The van der Waals surface area contributed by atoms with E-state index in [9.17, 15) is 5.11 Å². The predicted octanol–water partition coefficient (Wildman–Crippen LogP) is 2.77. The molecule has 1 heterocycles. The highest BCUT2D eigenvalue weighted by molar-refractivity contribution is 7.09. The molecule has 1 atom stereocenters. The summed E-state index contributed by atoms with van der Waals surface area (Å²) in [4.78, 5) is 4.58. The van der Waals surface area contributed by atoms with Gasteiger partial charge in [-0.3, -0.25) is 0 Å². The van der Waals surface area contributed by atoms with Crippen LogP contribution in [0, 0.1) is 0 Å². The highest BCUT2D eigenvalue weighted by Gasteiger charge is 2.10. The summed E-state index contributed by atoms with van der Waals surface area (Å²) in [5.74, 6) is 0. The number of aliphatic hydroxyl groups is 1. The average molecular weight is 307 g/mol. The maximum atomic E-state index is 9.99. The van der Waals surface area contributed by atoms with Gasteiger partial charge in [-0.25, -0.2) is 4.98 Å². The van der Waals surface area contributed by atoms with Gasteiger partial charge in [-0.2, -0.15) is 0 Å². The van der Waals surface area contributed by atoms with Crippen LogP contribution in [0.2, 0.25) is 0 Å². The molecule has 21 heavy (non-hydrogen) atoms. The largest absolute Gasteiger partial charge is 0.393 e. The van der Waals surface area contributed by atoms with Gasteiger partial charge in [-0.05, 0) is 6.42 Å². The summed E-state index contributed by atoms with van der Waals surface area (Å²) in [5, 5.41) is 13.0. The van der Waals surface area contributed by atoms with Crippen LogP contribution in [-0.2, 0) is 15.9 Å². The summed E-state index contributed by atoms with van der Waals surface area (Å²) >= 11 is 1.59. The van der Waals surface area contributed by atoms with Crippen LogP contribution in [0.25, 0.3) is 11.3 Å². The van der Waals surface area contributed by atoms with Crippen LogP contribution in [0.15, 0.2) is 35.7 Å². The number of methoxy groups -OCH3 is 1. The molecule has 1 aromatic carbocycles. The lowest BCUT2D eigenvalue weighted by atomic mass is 10.2. The lowest BCUT2D eigenvalue weighted by Gasteiger charge is -2.09. The third-order valence-corrected chi connectivity index (χ3v) is 3.93. The number of nitrogens with zero attached hydrogens (tertiary/aromatic N) is 1. The van der Waals surface area contributed by atoms with E-state index in [1.807, 2.05) is 35.7 Å². The number of hydrogen-bond acceptors (Lipinski definition) is 5. The molecule has 1 N–H and O–H groups in total. The normalized spacial score (nSPS) is 12.5. The summed E-state index contributed by atoms with van der Waals surface area (Å²) in [6.07, 6.45) is 0.775. The minimum absolute atomic E-state index is 0.415. The third-order valence-electron chi connectivity index (χ3n) is 3.06. The maximum absolute atomic E-state index is 9.99. The number of thiazole rings is 1. The van der Waals surface area contributed by atoms with Crippen molar-refractivity contribution in [1.29, 1.82) is 0 Å². The number of aliphatic hydroxyl groups excluding tert-OH is 1. The third kappa shape index (κ3) is 5.55. The molecule has 0 aliphatic heterocycles. The number of aromatic nitrogens is 1. The van der Waals surface area contributed by atoms with E-state index in [4.69, 9.17) is 9.47 Å². The van der Waals surface area contributed by atoms with Gasteiger partial charge in [0.25, 0.3) is 0 Å². The number of benzene rings is 1. The number of ether oxygens (including phenoxy) is 2. The zero-order valence-corrected chi connectivity index (χ0v) is 13.0. The molecule has 0 fully saturated rings. The lowest BCUT2D eigenvalue weighted by molar-refractivity contribution is 0.0479. The van der Waals surface area contributed by atoms with Crippen molar-refractivity contribution in [3.63, 3.8) is 0 Å². The van der Waals surface area contributed by atoms with E-state index in [1.165, 1.54) is 0 Å². The van der Waals surface area contributed by atoms with Gasteiger partial charge in [-0.15, -0.1) is 11.3 Å². The van der Waals surface area contributed by atoms with Crippen LogP contribution in [0.1, 0.15) is 11.4 Å². The maximum Gasteiger partial charge on any atom is 0.0958 e. The quantitative estimate of drug-likeness (QED) is 0.724. The van der Waals surface area contributed by atoms with Gasteiger partial charge >= 0.3 is 0 Å². The minimum atomic E-state index is -0.415. The van der Waals surface area contributed by atoms with Gasteiger partial charge in [-0.1, -0.05) is 30.3 Å². The Morgan fingerprint density at radius 1 is 1.19 bits per heavy atom. The van der Waals surface area contributed by atoms with Crippen molar-refractivity contribution in [2.24, 2.45) is 0 Å². The molecular weight excluding hydrogens is 286 g/mol. The lowest BCUT2D eigenvalue weighted by Crippen LogP contribution is -2.14. The predicted molar refractivity (Wildman–Crippen MR) is 84.6 cm³/mol. The summed E-state index contributed by atoms with van der Waals surface area (Å²) in [6.45, 7) is 1.70. The minimum Gasteiger partial charge on any atom is -0.393 e. The van der Waals surface area contributed by atoms with E-state index < -0.39 is 6.10 Å². The van der Waals surface area contributed by atoms with E-state index in [0.29, 0.717) is 32.7 Å². The standard InChI is InChI=1S/C16H21NO3S/c1-19-9-10-20-8-7-14(18)11-16-17-15(12-21-16)13-5-3-2-4-6-13/h2-6,12,14,18H,7-11H2,1H3. The van der Waals surface area contributed by atoms with E-state index in [2.05, 4.69) is 4.98 Å². The molecule has 5 heteroatoms. The van der Waals surface area contributed by atoms with E-state index >= 15 is 0 Å². The fraction of sp³-hybridized carbons (Fsp3) is 0.438. The Hall–Kier alpha value is -1.27. The Balaban J connectivity index is 1.77. The Morgan fingerprint density at radius 2 is 2.00 bits per heavy atom. The SMILES string of the molecule is COCCOCCC(O)Cc1nc(-c2ccccc2)cs1. The molecule has 1 aromatic heterocycles. The molecule has 0 aliphatic carbocycles. The van der Waals surface area contributed by atoms with Crippen molar-refractivity contribution in [2.45, 2.75) is 18.9 Å². The molecule has 114 valence electrons. The average Bonchev–Trinajstić information content (AvgIpc) is 2.96. The molecule has 2 aromatic rings. The van der Waals surface area contributed by atoms with Crippen LogP contribution in [0.4, 0.5) is 0 Å². The molecule has 0 spiro atoms. The molecule has 0 saturated carbocycles. The molecule has 0 amide bonds. The summed E-state index contributed by atoms with van der Waals surface area (Å²) in [7, 11) is 1.64. The monoisotopic (exact) mass is 307 g/mol. The smallest absolute Gasteiger partial charge is 0.0958 e. The Kier molecular flexibility index (Phi) is 6.82. The topological polar surface area (TPSA) is 51.6 Å². The van der Waals surface area contributed by atoms with Crippen LogP contribution in [0.3, 0.4) is 0 Å². The van der Waals surface area contributed by atoms with Gasteiger partial charge in [0.05, 0.1) is 30.0 Å². The van der Waals surface area contributed by atoms with Crippen LogP contribution in [-0.4, -0.2) is 43.1 Å². The van der Waals surface area contributed by atoms with E-state index in [-0.39, 0.29) is 0 Å². The number of hydrogen-bond donors (Lipinski definition) is 1. The second kappa shape index (κ2) is 8.89. The second-order valence-electron chi connectivity index (χ2n) is 4.74. The molecule has 0 bridgehead atoms.